The van der Waals surface area contributed by atoms with Crippen LogP contribution in [0.1, 0.15) is 64.4 Å². The number of esters is 1. The molecule has 35 heavy (non-hydrogen) atoms. The maximum atomic E-state index is 13.1. The monoisotopic (exact) mass is 493 g/mol. The van der Waals surface area contributed by atoms with Crippen LogP contribution in [0.25, 0.3) is 0 Å². The third kappa shape index (κ3) is 2.01. The van der Waals surface area contributed by atoms with E-state index in [-0.39, 0.29) is 24.5 Å². The van der Waals surface area contributed by atoms with Crippen LogP contribution in [0, 0.1) is 22.7 Å². The second-order valence-corrected chi connectivity index (χ2v) is 12.2. The predicted molar refractivity (Wildman–Crippen MR) is 119 cm³/mol. The highest BCUT2D eigenvalue weighted by atomic mass is 16.8. The summed E-state index contributed by atoms with van der Waals surface area (Å²) in [5.74, 6) is -6.49. The van der Waals surface area contributed by atoms with Crippen molar-refractivity contribution in [3.63, 3.8) is 0 Å². The standard InChI is InChI=1S/C25H35NO9/c1-12(2)23(31)17(33-18(28)14-7-6-10-26-14)16-19(4)11-22(30)20(23,5)25(32,34-16)24(35-22)15(27)13(3)8-9-21(19,24)29/h6-7,10,12-13,15-17,26-27,29-32H,8-9,11H2,1-5H3/t13-,15+,16-,17-,19+,20-,21-,22?,23+,24+,25+/m0/s1. The van der Waals surface area contributed by atoms with Crippen LogP contribution in [0.2, 0.25) is 0 Å². The van der Waals surface area contributed by atoms with E-state index >= 15 is 0 Å². The van der Waals surface area contributed by atoms with Crippen LogP contribution in [-0.4, -0.2) is 83.2 Å². The number of aliphatic hydroxyl groups is 5. The summed E-state index contributed by atoms with van der Waals surface area (Å²) >= 11 is 0. The maximum absolute atomic E-state index is 13.1. The number of H-pyrrole nitrogens is 1. The number of rotatable bonds is 3. The van der Waals surface area contributed by atoms with Gasteiger partial charge in [-0.3, -0.25) is 0 Å². The van der Waals surface area contributed by atoms with E-state index in [0.717, 1.165) is 0 Å². The summed E-state index contributed by atoms with van der Waals surface area (Å²) in [7, 11) is 0. The van der Waals surface area contributed by atoms with Crippen LogP contribution in [-0.2, 0) is 14.2 Å². The molecule has 4 saturated heterocycles. The molecule has 10 heteroatoms. The Morgan fingerprint density at radius 1 is 1.23 bits per heavy atom. The van der Waals surface area contributed by atoms with E-state index in [9.17, 15) is 30.3 Å². The summed E-state index contributed by atoms with van der Waals surface area (Å²) in [6.07, 6.45) is -2.00. The van der Waals surface area contributed by atoms with Gasteiger partial charge in [-0.25, -0.2) is 4.79 Å². The number of carbonyl (C=O) groups is 1. The Balaban J connectivity index is 1.64. The van der Waals surface area contributed by atoms with E-state index in [4.69, 9.17) is 14.2 Å². The molecule has 1 spiro atoms. The SMILES string of the molecule is CC(C)[C@@]1(O)[C@@H](OC(=O)c2ccc[nH]2)[C@@H]2O[C@@]3(O)[C@]45OC(O)(C[C@@]2(C)[C@@]4(O)CC[C@H](C)[C@H]5O)[C@]31C. The third-order valence-corrected chi connectivity index (χ3v) is 10.7. The van der Waals surface area contributed by atoms with Gasteiger partial charge in [0.1, 0.15) is 28.4 Å². The number of hydrogen-bond donors (Lipinski definition) is 6. The Hall–Kier alpha value is -1.53. The Labute approximate surface area is 203 Å². The number of ether oxygens (including phenoxy) is 3. The molecule has 1 unspecified atom stereocenters. The quantitative estimate of drug-likeness (QED) is 0.328. The first kappa shape index (κ1) is 23.8. The lowest BCUT2D eigenvalue weighted by molar-refractivity contribution is -0.495. The van der Waals surface area contributed by atoms with Gasteiger partial charge in [-0.15, -0.1) is 0 Å². The van der Waals surface area contributed by atoms with Crippen LogP contribution in [0.3, 0.4) is 0 Å². The first-order chi connectivity index (χ1) is 16.1. The van der Waals surface area contributed by atoms with E-state index in [2.05, 4.69) is 4.98 Å². The zero-order valence-corrected chi connectivity index (χ0v) is 20.6. The van der Waals surface area contributed by atoms with Gasteiger partial charge < -0.3 is 44.7 Å². The number of hydrogen-bond acceptors (Lipinski definition) is 9. The largest absolute Gasteiger partial charge is 0.452 e. The molecule has 11 atom stereocenters. The van der Waals surface area contributed by atoms with Crippen molar-refractivity contribution < 1.29 is 44.5 Å². The molecule has 10 nitrogen and oxygen atoms in total. The highest BCUT2D eigenvalue weighted by Gasteiger charge is 3.01. The molecule has 0 amide bonds. The minimum Gasteiger partial charge on any atom is -0.452 e. The molecule has 5 fully saturated rings. The molecule has 6 N–H and O–H groups in total. The fourth-order valence-corrected chi connectivity index (χ4v) is 8.74. The van der Waals surface area contributed by atoms with Gasteiger partial charge in [0.05, 0.1) is 6.10 Å². The van der Waals surface area contributed by atoms with Crippen LogP contribution in [0.15, 0.2) is 18.3 Å². The Morgan fingerprint density at radius 3 is 2.51 bits per heavy atom. The van der Waals surface area contributed by atoms with E-state index in [1.54, 1.807) is 40.0 Å². The zero-order valence-electron chi connectivity index (χ0n) is 20.6. The molecule has 194 valence electrons. The molecule has 0 aromatic carbocycles. The Bertz CT molecular complexity index is 1090. The van der Waals surface area contributed by atoms with Gasteiger partial charge in [-0.1, -0.05) is 27.7 Å². The lowest BCUT2D eigenvalue weighted by Crippen LogP contribution is -2.91. The molecular weight excluding hydrogens is 458 g/mol. The number of nitrogens with one attached hydrogen (secondary N) is 1. The highest BCUT2D eigenvalue weighted by molar-refractivity contribution is 5.87. The first-order valence-corrected chi connectivity index (χ1v) is 12.4. The maximum Gasteiger partial charge on any atom is 0.355 e. The number of aromatic amines is 1. The molecule has 1 aromatic heterocycles. The third-order valence-electron chi connectivity index (χ3n) is 10.7. The molecule has 1 aromatic rings. The first-order valence-electron chi connectivity index (χ1n) is 12.4. The molecule has 4 aliphatic heterocycles. The smallest absolute Gasteiger partial charge is 0.355 e. The number of aromatic nitrogens is 1. The average molecular weight is 494 g/mol. The average Bonchev–Trinajstić information content (AvgIpc) is 3.34. The van der Waals surface area contributed by atoms with Crippen molar-refractivity contribution in [1.82, 2.24) is 4.98 Å². The van der Waals surface area contributed by atoms with Crippen molar-refractivity contribution in [3.8, 4) is 0 Å². The van der Waals surface area contributed by atoms with Gasteiger partial charge in [0, 0.05) is 18.0 Å². The number of aliphatic hydroxyl groups excluding tert-OH is 1. The molecular formula is C25H35NO9. The van der Waals surface area contributed by atoms with Crippen LogP contribution >= 0.6 is 0 Å². The molecule has 5 heterocycles. The number of carbonyl (C=O) groups excluding carboxylic acids is 1. The molecule has 1 aliphatic carbocycles. The minimum absolute atomic E-state index is 0.159. The van der Waals surface area contributed by atoms with Gasteiger partial charge in [-0.05, 0) is 43.7 Å². The van der Waals surface area contributed by atoms with Crippen LogP contribution < -0.4 is 0 Å². The summed E-state index contributed by atoms with van der Waals surface area (Å²) in [4.78, 5) is 15.9. The molecule has 6 rings (SSSR count). The summed E-state index contributed by atoms with van der Waals surface area (Å²) in [6.45, 7) is 8.31. The lowest BCUT2D eigenvalue weighted by Gasteiger charge is -2.73. The van der Waals surface area contributed by atoms with Crippen molar-refractivity contribution in [2.75, 3.05) is 0 Å². The van der Waals surface area contributed by atoms with Gasteiger partial charge in [0.25, 0.3) is 0 Å². The molecule has 0 radical (unpaired) electrons. The van der Waals surface area contributed by atoms with Crippen molar-refractivity contribution in [1.29, 1.82) is 0 Å². The van der Waals surface area contributed by atoms with Crippen molar-refractivity contribution in [2.24, 2.45) is 22.7 Å². The van der Waals surface area contributed by atoms with E-state index in [0.29, 0.717) is 6.42 Å². The normalized spacial score (nSPS) is 58.0. The summed E-state index contributed by atoms with van der Waals surface area (Å²) in [5, 5.41) is 61.1. The fourth-order valence-electron chi connectivity index (χ4n) is 8.74. The summed E-state index contributed by atoms with van der Waals surface area (Å²) in [6, 6.07) is 3.17. The van der Waals surface area contributed by atoms with Crippen LogP contribution in [0.5, 0.6) is 0 Å². The van der Waals surface area contributed by atoms with Gasteiger partial charge >= 0.3 is 5.97 Å². The molecule has 1 saturated carbocycles. The zero-order chi connectivity index (χ0) is 25.6. The van der Waals surface area contributed by atoms with E-state index < -0.39 is 69.4 Å². The number of fused-ring (bicyclic) bond motifs is 4. The Morgan fingerprint density at radius 2 is 1.91 bits per heavy atom. The highest BCUT2D eigenvalue weighted by Crippen LogP contribution is 2.83. The van der Waals surface area contributed by atoms with Crippen LogP contribution in [0.4, 0.5) is 0 Å². The van der Waals surface area contributed by atoms with Crippen molar-refractivity contribution in [3.05, 3.63) is 24.0 Å². The van der Waals surface area contributed by atoms with Crippen molar-refractivity contribution >= 4 is 5.97 Å². The second-order valence-electron chi connectivity index (χ2n) is 12.2. The predicted octanol–water partition coefficient (Wildman–Crippen LogP) is 0.424. The lowest BCUT2D eigenvalue weighted by atomic mass is 9.44. The van der Waals surface area contributed by atoms with E-state index in [1.165, 1.54) is 13.0 Å². The van der Waals surface area contributed by atoms with Crippen molar-refractivity contribution in [2.45, 2.75) is 101 Å². The molecule has 5 bridgehead atoms. The van der Waals surface area contributed by atoms with Gasteiger partial charge in [0.2, 0.25) is 5.79 Å². The Kier molecular flexibility index (Phi) is 4.29. The fraction of sp³-hybridized carbons (Fsp3) is 0.800. The topological polar surface area (TPSA) is 162 Å². The summed E-state index contributed by atoms with van der Waals surface area (Å²) < 4.78 is 18.5. The molecule has 5 aliphatic rings. The van der Waals surface area contributed by atoms with Gasteiger partial charge in [0.15, 0.2) is 17.5 Å². The summed E-state index contributed by atoms with van der Waals surface area (Å²) in [5.41, 5.74) is -9.24. The van der Waals surface area contributed by atoms with E-state index in [1.807, 2.05) is 0 Å². The van der Waals surface area contributed by atoms with Gasteiger partial charge in [-0.2, -0.15) is 0 Å². The second kappa shape index (κ2) is 6.30. The minimum atomic E-state index is -2.49.